The minimum Gasteiger partial charge on any atom is -0.493 e. The number of aromatic nitrogens is 2. The third kappa shape index (κ3) is 3.98. The van der Waals surface area contributed by atoms with E-state index in [2.05, 4.69) is 20.6 Å². The van der Waals surface area contributed by atoms with Crippen LogP contribution in [-0.2, 0) is 11.2 Å². The van der Waals surface area contributed by atoms with Crippen molar-refractivity contribution in [3.05, 3.63) is 52.7 Å². The zero-order valence-corrected chi connectivity index (χ0v) is 18.6. The number of ether oxygens (including phenoxy) is 3. The number of amides is 1. The Kier molecular flexibility index (Phi) is 5.82. The van der Waals surface area contributed by atoms with Crippen molar-refractivity contribution >= 4 is 28.9 Å². The number of methoxy groups -OCH3 is 1. The van der Waals surface area contributed by atoms with Crippen LogP contribution >= 0.6 is 11.6 Å². The predicted octanol–water partition coefficient (Wildman–Crippen LogP) is 4.08. The fraction of sp³-hybridized carbons (Fsp3) is 0.304. The Balaban J connectivity index is 1.60. The number of hydrogen-bond acceptors (Lipinski definition) is 6. The summed E-state index contributed by atoms with van der Waals surface area (Å²) in [6.45, 7) is 1.67. The zero-order chi connectivity index (χ0) is 22.9. The highest BCUT2D eigenvalue weighted by molar-refractivity contribution is 6.32. The summed E-state index contributed by atoms with van der Waals surface area (Å²) in [4.78, 5) is 20.4. The molecule has 3 aromatic rings. The molecule has 0 bridgehead atoms. The van der Waals surface area contributed by atoms with Crippen LogP contribution in [0, 0.1) is 5.82 Å². The molecule has 8 nitrogen and oxygen atoms in total. The lowest BCUT2D eigenvalue weighted by Gasteiger charge is -2.26. The second kappa shape index (κ2) is 8.92. The number of nitrogens with one attached hydrogen (secondary N) is 3. The van der Waals surface area contributed by atoms with Crippen LogP contribution in [0.5, 0.6) is 11.5 Å². The molecular formula is C23H22ClFN4O4. The Morgan fingerprint density at radius 1 is 1.36 bits per heavy atom. The van der Waals surface area contributed by atoms with Gasteiger partial charge in [0.15, 0.2) is 5.75 Å². The van der Waals surface area contributed by atoms with Gasteiger partial charge in [0.2, 0.25) is 0 Å². The molecule has 4 heterocycles. The minimum absolute atomic E-state index is 0.0592. The normalized spacial score (nSPS) is 17.1. The van der Waals surface area contributed by atoms with Crippen LogP contribution in [0.2, 0.25) is 5.02 Å². The zero-order valence-electron chi connectivity index (χ0n) is 17.8. The third-order valence-corrected chi connectivity index (χ3v) is 6.10. The van der Waals surface area contributed by atoms with Gasteiger partial charge in [0, 0.05) is 43.4 Å². The molecule has 1 fully saturated rings. The minimum atomic E-state index is -0.601. The van der Waals surface area contributed by atoms with Crippen LogP contribution in [-0.4, -0.2) is 48.8 Å². The van der Waals surface area contributed by atoms with Gasteiger partial charge in [-0.25, -0.2) is 4.39 Å². The quantitative estimate of drug-likeness (QED) is 0.479. The summed E-state index contributed by atoms with van der Waals surface area (Å²) in [6.07, 6.45) is 4.93. The van der Waals surface area contributed by atoms with Gasteiger partial charge in [0.05, 0.1) is 42.0 Å². The number of pyridine rings is 1. The summed E-state index contributed by atoms with van der Waals surface area (Å²) in [5, 5.41) is 5.97. The number of hydrogen-bond donors (Lipinski definition) is 3. The first kappa shape index (κ1) is 21.5. The monoisotopic (exact) mass is 472 g/mol. The summed E-state index contributed by atoms with van der Waals surface area (Å²) >= 11 is 6.12. The molecular weight excluding hydrogens is 451 g/mol. The average Bonchev–Trinajstić information content (AvgIpc) is 3.15. The lowest BCUT2D eigenvalue weighted by Crippen LogP contribution is -2.32. The lowest BCUT2D eigenvalue weighted by atomic mass is 10.0. The topological polar surface area (TPSA) is 97.5 Å². The molecule has 2 aliphatic heterocycles. The molecule has 0 spiro atoms. The standard InChI is InChI=1S/C23H22ClFN4O4/c1-31-22-16(3-2-14(25)19(22)24)29-21-18-15(5-8-27-23(18)30)28-20(21)13-4-7-26-10-17(13)33-11-12-6-9-32-12/h2-4,7,10,12,28-29H,5-6,8-9,11H2,1H3,(H,27,30). The van der Waals surface area contributed by atoms with Crippen molar-refractivity contribution in [1.29, 1.82) is 0 Å². The highest BCUT2D eigenvalue weighted by atomic mass is 35.5. The van der Waals surface area contributed by atoms with Crippen molar-refractivity contribution in [3.8, 4) is 22.8 Å². The van der Waals surface area contributed by atoms with Crippen LogP contribution in [0.4, 0.5) is 15.8 Å². The van der Waals surface area contributed by atoms with Crippen LogP contribution < -0.4 is 20.1 Å². The summed E-state index contributed by atoms with van der Waals surface area (Å²) < 4.78 is 30.8. The van der Waals surface area contributed by atoms with Crippen LogP contribution in [0.25, 0.3) is 11.3 Å². The molecule has 10 heteroatoms. The molecule has 172 valence electrons. The number of aromatic amines is 1. The van der Waals surface area contributed by atoms with Crippen molar-refractivity contribution < 1.29 is 23.4 Å². The SMILES string of the molecule is COc1c(Nc2c(-c3ccncc3OCC3CCO3)[nH]c3c2C(=O)NCC3)ccc(F)c1Cl. The molecule has 0 radical (unpaired) electrons. The van der Waals surface area contributed by atoms with Gasteiger partial charge >= 0.3 is 0 Å². The summed E-state index contributed by atoms with van der Waals surface area (Å²) in [5.74, 6) is -0.120. The van der Waals surface area contributed by atoms with Crippen LogP contribution in [0.3, 0.4) is 0 Å². The number of carbonyl (C=O) groups is 1. The van der Waals surface area contributed by atoms with E-state index >= 15 is 0 Å². The highest BCUT2D eigenvalue weighted by Crippen LogP contribution is 2.43. The first-order chi connectivity index (χ1) is 16.1. The maximum atomic E-state index is 14.0. The molecule has 3 N–H and O–H groups in total. The van der Waals surface area contributed by atoms with Gasteiger partial charge in [0.25, 0.3) is 5.91 Å². The Morgan fingerprint density at radius 3 is 2.97 bits per heavy atom. The summed E-state index contributed by atoms with van der Waals surface area (Å²) in [7, 11) is 1.41. The Morgan fingerprint density at radius 2 is 2.21 bits per heavy atom. The molecule has 1 aromatic carbocycles. The molecule has 2 aromatic heterocycles. The molecule has 5 rings (SSSR count). The molecule has 0 saturated carbocycles. The molecule has 1 unspecified atom stereocenters. The van der Waals surface area contributed by atoms with Crippen molar-refractivity contribution in [1.82, 2.24) is 15.3 Å². The van der Waals surface area contributed by atoms with Gasteiger partial charge in [-0.05, 0) is 18.2 Å². The van der Waals surface area contributed by atoms with E-state index in [1.54, 1.807) is 12.4 Å². The molecule has 1 atom stereocenters. The number of carbonyl (C=O) groups excluding carboxylic acids is 1. The smallest absolute Gasteiger partial charge is 0.255 e. The molecule has 2 aliphatic rings. The van der Waals surface area contributed by atoms with E-state index in [9.17, 15) is 9.18 Å². The highest BCUT2D eigenvalue weighted by Gasteiger charge is 2.29. The maximum absolute atomic E-state index is 14.0. The third-order valence-electron chi connectivity index (χ3n) is 5.75. The summed E-state index contributed by atoms with van der Waals surface area (Å²) in [6, 6.07) is 4.57. The molecule has 0 aliphatic carbocycles. The Hall–Kier alpha value is -3.30. The number of anilines is 2. The van der Waals surface area contributed by atoms with Gasteiger partial charge in [-0.3, -0.25) is 9.78 Å². The number of benzene rings is 1. The van der Waals surface area contributed by atoms with Gasteiger partial charge in [-0.2, -0.15) is 0 Å². The van der Waals surface area contributed by atoms with Crippen LogP contribution in [0.1, 0.15) is 22.5 Å². The first-order valence-electron chi connectivity index (χ1n) is 10.6. The average molecular weight is 473 g/mol. The number of nitrogens with zero attached hydrogens (tertiary/aromatic N) is 1. The number of halogens is 2. The Bertz CT molecular complexity index is 1210. The first-order valence-corrected chi connectivity index (χ1v) is 11.0. The van der Waals surface area contributed by atoms with E-state index in [1.807, 2.05) is 6.07 Å². The van der Waals surface area contributed by atoms with Crippen molar-refractivity contribution in [2.24, 2.45) is 0 Å². The van der Waals surface area contributed by atoms with Crippen LogP contribution in [0.15, 0.2) is 30.6 Å². The second-order valence-electron chi connectivity index (χ2n) is 7.77. The molecule has 1 saturated heterocycles. The van der Waals surface area contributed by atoms with E-state index < -0.39 is 5.82 Å². The number of fused-ring (bicyclic) bond motifs is 1. The van der Waals surface area contributed by atoms with E-state index in [-0.39, 0.29) is 22.8 Å². The fourth-order valence-corrected chi connectivity index (χ4v) is 4.21. The van der Waals surface area contributed by atoms with Gasteiger partial charge in [-0.1, -0.05) is 11.6 Å². The molecule has 33 heavy (non-hydrogen) atoms. The summed E-state index contributed by atoms with van der Waals surface area (Å²) in [5.41, 5.74) is 3.56. The van der Waals surface area contributed by atoms with Gasteiger partial charge < -0.3 is 29.8 Å². The lowest BCUT2D eigenvalue weighted by molar-refractivity contribution is -0.0720. The maximum Gasteiger partial charge on any atom is 0.255 e. The van der Waals surface area contributed by atoms with Crippen molar-refractivity contribution in [3.63, 3.8) is 0 Å². The van der Waals surface area contributed by atoms with Crippen molar-refractivity contribution in [2.45, 2.75) is 18.9 Å². The van der Waals surface area contributed by atoms with E-state index in [0.717, 1.165) is 24.3 Å². The van der Waals surface area contributed by atoms with E-state index in [4.69, 9.17) is 25.8 Å². The fourth-order valence-electron chi connectivity index (χ4n) is 3.97. The predicted molar refractivity (Wildman–Crippen MR) is 121 cm³/mol. The van der Waals surface area contributed by atoms with Gasteiger partial charge in [0.1, 0.15) is 23.2 Å². The molecule has 1 amide bonds. The number of H-pyrrole nitrogens is 1. The van der Waals surface area contributed by atoms with E-state index in [1.165, 1.54) is 19.2 Å². The Labute approximate surface area is 194 Å². The van der Waals surface area contributed by atoms with Crippen molar-refractivity contribution in [2.75, 3.05) is 32.2 Å². The largest absolute Gasteiger partial charge is 0.493 e. The number of rotatable bonds is 7. The van der Waals surface area contributed by atoms with Gasteiger partial charge in [-0.15, -0.1) is 0 Å². The second-order valence-corrected chi connectivity index (χ2v) is 8.14. The van der Waals surface area contributed by atoms with E-state index in [0.29, 0.717) is 48.0 Å².